The Morgan fingerprint density at radius 2 is 1.80 bits per heavy atom. The smallest absolute Gasteiger partial charge is 0.251 e. The number of amides is 1. The van der Waals surface area contributed by atoms with Crippen LogP contribution in [0.4, 0.5) is 20.2 Å². The van der Waals surface area contributed by atoms with Crippen LogP contribution in [-0.4, -0.2) is 5.91 Å². The first-order chi connectivity index (χ1) is 9.54. The fraction of sp³-hybridized carbons (Fsp3) is 0.133. The average Bonchev–Trinajstić information content (AvgIpc) is 2.68. The summed E-state index contributed by atoms with van der Waals surface area (Å²) < 4.78 is 26.2. The summed E-state index contributed by atoms with van der Waals surface area (Å²) in [6.45, 7) is 1.75. The van der Waals surface area contributed by atoms with Gasteiger partial charge in [0.1, 0.15) is 17.7 Å². The topological polar surface area (TPSA) is 41.1 Å². The Kier molecular flexibility index (Phi) is 2.89. The number of fused-ring (bicyclic) bond motifs is 1. The molecule has 2 aromatic carbocycles. The molecule has 1 atom stereocenters. The molecule has 0 spiro atoms. The van der Waals surface area contributed by atoms with Crippen LogP contribution < -0.4 is 10.6 Å². The summed E-state index contributed by atoms with van der Waals surface area (Å²) in [6.07, 6.45) is 0. The lowest BCUT2D eigenvalue weighted by Crippen LogP contribution is -2.20. The normalized spacial score (nSPS) is 16.8. The number of carbonyl (C=O) groups is 1. The Hall–Kier alpha value is -2.43. The predicted molar refractivity (Wildman–Crippen MR) is 72.5 cm³/mol. The molecule has 0 saturated carbocycles. The molecule has 1 amide bonds. The van der Waals surface area contributed by atoms with Crippen LogP contribution in [0, 0.1) is 18.6 Å². The molecule has 0 fully saturated rings. The molecule has 2 N–H and O–H groups in total. The highest BCUT2D eigenvalue weighted by Gasteiger charge is 2.30. The first kappa shape index (κ1) is 12.6. The SMILES string of the molecule is Cc1cc(F)ccc1NC1C(=O)Nc2cc(F)ccc21. The maximum atomic E-state index is 13.1. The number of carbonyl (C=O) groups excluding carboxylic acids is 1. The molecular formula is C15H12F2N2O. The van der Waals surface area contributed by atoms with Crippen LogP contribution in [0.3, 0.4) is 0 Å². The fourth-order valence-corrected chi connectivity index (χ4v) is 2.32. The minimum atomic E-state index is -0.602. The van der Waals surface area contributed by atoms with Crippen molar-refractivity contribution in [2.45, 2.75) is 13.0 Å². The summed E-state index contributed by atoms with van der Waals surface area (Å²) in [5, 5.41) is 5.68. The van der Waals surface area contributed by atoms with Crippen LogP contribution in [0.25, 0.3) is 0 Å². The first-order valence-corrected chi connectivity index (χ1v) is 6.17. The van der Waals surface area contributed by atoms with Crippen LogP contribution in [0.5, 0.6) is 0 Å². The van der Waals surface area contributed by atoms with E-state index in [1.54, 1.807) is 19.1 Å². The number of nitrogens with one attached hydrogen (secondary N) is 2. The Balaban J connectivity index is 1.94. The van der Waals surface area contributed by atoms with E-state index in [1.807, 2.05) is 0 Å². The van der Waals surface area contributed by atoms with Crippen molar-refractivity contribution >= 4 is 17.3 Å². The molecule has 3 rings (SSSR count). The van der Waals surface area contributed by atoms with Gasteiger partial charge in [-0.3, -0.25) is 4.79 Å². The lowest BCUT2D eigenvalue weighted by atomic mass is 10.1. The quantitative estimate of drug-likeness (QED) is 0.881. The van der Waals surface area contributed by atoms with Gasteiger partial charge in [0.15, 0.2) is 0 Å². The van der Waals surface area contributed by atoms with E-state index in [0.29, 0.717) is 22.5 Å². The van der Waals surface area contributed by atoms with Crippen molar-refractivity contribution in [2.75, 3.05) is 10.6 Å². The van der Waals surface area contributed by atoms with E-state index >= 15 is 0 Å². The zero-order chi connectivity index (χ0) is 14.3. The molecule has 1 aliphatic heterocycles. The molecule has 1 heterocycles. The van der Waals surface area contributed by atoms with Crippen molar-refractivity contribution in [3.63, 3.8) is 0 Å². The Labute approximate surface area is 114 Å². The van der Waals surface area contributed by atoms with Crippen molar-refractivity contribution in [3.8, 4) is 0 Å². The van der Waals surface area contributed by atoms with Crippen molar-refractivity contribution < 1.29 is 13.6 Å². The van der Waals surface area contributed by atoms with Crippen molar-refractivity contribution in [3.05, 3.63) is 59.2 Å². The van der Waals surface area contributed by atoms with E-state index in [2.05, 4.69) is 10.6 Å². The van der Waals surface area contributed by atoms with Gasteiger partial charge in [-0.05, 0) is 42.8 Å². The average molecular weight is 274 g/mol. The maximum absolute atomic E-state index is 13.1. The summed E-state index contributed by atoms with van der Waals surface area (Å²) in [7, 11) is 0. The predicted octanol–water partition coefficient (Wildman–Crippen LogP) is 3.38. The molecule has 1 unspecified atom stereocenters. The van der Waals surface area contributed by atoms with E-state index in [4.69, 9.17) is 0 Å². The number of anilines is 2. The maximum Gasteiger partial charge on any atom is 0.251 e. The van der Waals surface area contributed by atoms with Gasteiger partial charge in [-0.1, -0.05) is 6.07 Å². The zero-order valence-corrected chi connectivity index (χ0v) is 10.7. The molecule has 0 radical (unpaired) electrons. The van der Waals surface area contributed by atoms with Gasteiger partial charge in [0.25, 0.3) is 5.91 Å². The van der Waals surface area contributed by atoms with E-state index in [-0.39, 0.29) is 11.7 Å². The molecule has 0 aliphatic carbocycles. The van der Waals surface area contributed by atoms with Gasteiger partial charge in [-0.25, -0.2) is 8.78 Å². The van der Waals surface area contributed by atoms with E-state index < -0.39 is 11.9 Å². The van der Waals surface area contributed by atoms with Crippen LogP contribution in [0.2, 0.25) is 0 Å². The summed E-state index contributed by atoms with van der Waals surface area (Å²) in [5.41, 5.74) is 2.52. The molecule has 20 heavy (non-hydrogen) atoms. The highest BCUT2D eigenvalue weighted by molar-refractivity contribution is 6.04. The van der Waals surface area contributed by atoms with Crippen LogP contribution in [0.15, 0.2) is 36.4 Å². The summed E-state index contributed by atoms with van der Waals surface area (Å²) >= 11 is 0. The van der Waals surface area contributed by atoms with Crippen molar-refractivity contribution in [2.24, 2.45) is 0 Å². The third-order valence-corrected chi connectivity index (χ3v) is 3.33. The van der Waals surface area contributed by atoms with Gasteiger partial charge < -0.3 is 10.6 Å². The number of halogens is 2. The van der Waals surface area contributed by atoms with E-state index in [0.717, 1.165) is 0 Å². The number of benzene rings is 2. The minimum absolute atomic E-state index is 0.255. The van der Waals surface area contributed by atoms with Crippen LogP contribution in [0.1, 0.15) is 17.2 Å². The Bertz CT molecular complexity index is 700. The Morgan fingerprint density at radius 3 is 2.55 bits per heavy atom. The molecule has 5 heteroatoms. The third-order valence-electron chi connectivity index (χ3n) is 3.33. The summed E-state index contributed by atoms with van der Waals surface area (Å²) in [6, 6.07) is 7.86. The molecule has 3 nitrogen and oxygen atoms in total. The van der Waals surface area contributed by atoms with Crippen molar-refractivity contribution in [1.82, 2.24) is 0 Å². The molecule has 1 aliphatic rings. The number of rotatable bonds is 2. The highest BCUT2D eigenvalue weighted by atomic mass is 19.1. The fourth-order valence-electron chi connectivity index (χ4n) is 2.32. The summed E-state index contributed by atoms with van der Waals surface area (Å²) in [5.74, 6) is -0.983. The molecule has 0 saturated heterocycles. The van der Waals surface area contributed by atoms with Gasteiger partial charge in [-0.15, -0.1) is 0 Å². The number of aryl methyl sites for hydroxylation is 1. The minimum Gasteiger partial charge on any atom is -0.370 e. The monoisotopic (exact) mass is 274 g/mol. The molecule has 102 valence electrons. The van der Waals surface area contributed by atoms with E-state index in [1.165, 1.54) is 24.3 Å². The second-order valence-electron chi connectivity index (χ2n) is 4.76. The van der Waals surface area contributed by atoms with Gasteiger partial charge in [0.2, 0.25) is 0 Å². The zero-order valence-electron chi connectivity index (χ0n) is 10.7. The number of hydrogen-bond acceptors (Lipinski definition) is 2. The van der Waals surface area contributed by atoms with Crippen molar-refractivity contribution in [1.29, 1.82) is 0 Å². The van der Waals surface area contributed by atoms with Crippen LogP contribution in [-0.2, 0) is 4.79 Å². The second kappa shape index (κ2) is 4.59. The number of hydrogen-bond donors (Lipinski definition) is 2. The van der Waals surface area contributed by atoms with E-state index in [9.17, 15) is 13.6 Å². The molecule has 0 bridgehead atoms. The largest absolute Gasteiger partial charge is 0.370 e. The molecular weight excluding hydrogens is 262 g/mol. The molecule has 2 aromatic rings. The first-order valence-electron chi connectivity index (χ1n) is 6.17. The lowest BCUT2D eigenvalue weighted by molar-refractivity contribution is -0.116. The highest BCUT2D eigenvalue weighted by Crippen LogP contribution is 2.34. The van der Waals surface area contributed by atoms with Gasteiger partial charge in [0.05, 0.1) is 0 Å². The third kappa shape index (κ3) is 2.11. The standard InChI is InChI=1S/C15H12F2N2O/c1-8-6-9(16)3-5-12(8)18-14-11-4-2-10(17)7-13(11)19-15(14)20/h2-7,14,18H,1H3,(H,19,20). The Morgan fingerprint density at radius 1 is 1.10 bits per heavy atom. The second-order valence-corrected chi connectivity index (χ2v) is 4.76. The van der Waals surface area contributed by atoms with Gasteiger partial charge in [-0.2, -0.15) is 0 Å². The molecule has 0 aromatic heterocycles. The van der Waals surface area contributed by atoms with Gasteiger partial charge in [0, 0.05) is 16.9 Å². The lowest BCUT2D eigenvalue weighted by Gasteiger charge is -2.15. The summed E-state index contributed by atoms with van der Waals surface area (Å²) in [4.78, 5) is 12.0. The van der Waals surface area contributed by atoms with Crippen LogP contribution >= 0.6 is 0 Å². The van der Waals surface area contributed by atoms with Gasteiger partial charge >= 0.3 is 0 Å².